The van der Waals surface area contributed by atoms with Gasteiger partial charge >= 0.3 is 0 Å². The standard InChI is InChI=1S/C14H11ClN4O2/c1-21-10-4-2-9(3-5-10)16-14(20)11-8-19-13(17-11)7-6-12(15)18-19/h2-8H,1H3,(H,16,20). The monoisotopic (exact) mass is 302 g/mol. The zero-order valence-corrected chi connectivity index (χ0v) is 11.8. The number of fused-ring (bicyclic) bond motifs is 1. The van der Waals surface area contributed by atoms with Gasteiger partial charge in [-0.05, 0) is 36.4 Å². The van der Waals surface area contributed by atoms with E-state index in [1.807, 2.05) is 0 Å². The average molecular weight is 303 g/mol. The highest BCUT2D eigenvalue weighted by atomic mass is 35.5. The second-order valence-corrected chi connectivity index (χ2v) is 4.65. The van der Waals surface area contributed by atoms with E-state index in [2.05, 4.69) is 15.4 Å². The molecule has 0 bridgehead atoms. The van der Waals surface area contributed by atoms with Gasteiger partial charge in [-0.1, -0.05) is 11.6 Å². The van der Waals surface area contributed by atoms with Gasteiger partial charge in [0.15, 0.2) is 5.65 Å². The number of imidazole rings is 1. The van der Waals surface area contributed by atoms with E-state index in [4.69, 9.17) is 16.3 Å². The van der Waals surface area contributed by atoms with Crippen molar-refractivity contribution in [3.8, 4) is 5.75 Å². The third-order valence-electron chi connectivity index (χ3n) is 2.87. The Morgan fingerprint density at radius 1 is 1.24 bits per heavy atom. The molecule has 0 aliphatic heterocycles. The van der Waals surface area contributed by atoms with Crippen molar-refractivity contribution in [2.45, 2.75) is 0 Å². The summed E-state index contributed by atoms with van der Waals surface area (Å²) in [4.78, 5) is 16.3. The number of benzene rings is 1. The van der Waals surface area contributed by atoms with Crippen molar-refractivity contribution in [2.75, 3.05) is 12.4 Å². The molecule has 3 rings (SSSR count). The summed E-state index contributed by atoms with van der Waals surface area (Å²) in [6, 6.07) is 10.3. The van der Waals surface area contributed by atoms with Gasteiger partial charge < -0.3 is 10.1 Å². The van der Waals surface area contributed by atoms with Crippen LogP contribution < -0.4 is 10.1 Å². The van der Waals surface area contributed by atoms with Crippen LogP contribution >= 0.6 is 11.6 Å². The molecule has 3 aromatic rings. The lowest BCUT2D eigenvalue weighted by molar-refractivity contribution is 0.102. The molecule has 6 nitrogen and oxygen atoms in total. The zero-order chi connectivity index (χ0) is 14.8. The van der Waals surface area contributed by atoms with Crippen LogP contribution in [0.3, 0.4) is 0 Å². The van der Waals surface area contributed by atoms with Gasteiger partial charge in [0.05, 0.1) is 13.3 Å². The fourth-order valence-corrected chi connectivity index (χ4v) is 1.98. The first-order valence-corrected chi connectivity index (χ1v) is 6.51. The number of halogens is 1. The van der Waals surface area contributed by atoms with E-state index in [1.165, 1.54) is 10.7 Å². The summed E-state index contributed by atoms with van der Waals surface area (Å²) in [6.07, 6.45) is 1.53. The highest BCUT2D eigenvalue weighted by Crippen LogP contribution is 2.16. The summed E-state index contributed by atoms with van der Waals surface area (Å²) in [5.41, 5.74) is 1.48. The number of nitrogens with one attached hydrogen (secondary N) is 1. The maximum Gasteiger partial charge on any atom is 0.275 e. The smallest absolute Gasteiger partial charge is 0.275 e. The molecule has 1 aromatic carbocycles. The van der Waals surface area contributed by atoms with E-state index in [-0.39, 0.29) is 11.6 Å². The fourth-order valence-electron chi connectivity index (χ4n) is 1.84. The Bertz CT molecular complexity index is 798. The van der Waals surface area contributed by atoms with Gasteiger partial charge in [-0.15, -0.1) is 0 Å². The average Bonchev–Trinajstić information content (AvgIpc) is 2.91. The number of carbonyl (C=O) groups is 1. The predicted molar refractivity (Wildman–Crippen MR) is 78.9 cm³/mol. The number of hydrogen-bond acceptors (Lipinski definition) is 4. The summed E-state index contributed by atoms with van der Waals surface area (Å²) >= 11 is 5.79. The molecule has 0 spiro atoms. The van der Waals surface area contributed by atoms with Crippen LogP contribution in [0.25, 0.3) is 5.65 Å². The van der Waals surface area contributed by atoms with Gasteiger partial charge in [0, 0.05) is 5.69 Å². The lowest BCUT2D eigenvalue weighted by Crippen LogP contribution is -2.12. The van der Waals surface area contributed by atoms with Crippen LogP contribution in [-0.2, 0) is 0 Å². The minimum absolute atomic E-state index is 0.264. The number of carbonyl (C=O) groups excluding carboxylic acids is 1. The first-order valence-electron chi connectivity index (χ1n) is 6.13. The lowest BCUT2D eigenvalue weighted by Gasteiger charge is -2.04. The Morgan fingerprint density at radius 3 is 2.71 bits per heavy atom. The molecule has 21 heavy (non-hydrogen) atoms. The normalized spacial score (nSPS) is 10.6. The second kappa shape index (κ2) is 5.41. The molecule has 0 atom stereocenters. The first kappa shape index (κ1) is 13.4. The van der Waals surface area contributed by atoms with E-state index in [0.717, 1.165) is 5.75 Å². The zero-order valence-electron chi connectivity index (χ0n) is 11.1. The molecule has 0 saturated heterocycles. The van der Waals surface area contributed by atoms with Crippen LogP contribution in [0.5, 0.6) is 5.75 Å². The number of anilines is 1. The minimum atomic E-state index is -0.318. The molecular formula is C14H11ClN4O2. The van der Waals surface area contributed by atoms with Gasteiger partial charge in [0.1, 0.15) is 16.6 Å². The number of ether oxygens (including phenoxy) is 1. The van der Waals surface area contributed by atoms with Crippen LogP contribution in [0.1, 0.15) is 10.5 Å². The molecule has 2 heterocycles. The van der Waals surface area contributed by atoms with Crippen LogP contribution in [0.15, 0.2) is 42.6 Å². The number of methoxy groups -OCH3 is 1. The van der Waals surface area contributed by atoms with Gasteiger partial charge in [0.2, 0.25) is 0 Å². The van der Waals surface area contributed by atoms with Gasteiger partial charge in [-0.3, -0.25) is 4.79 Å². The molecule has 0 aliphatic carbocycles. The molecular weight excluding hydrogens is 292 g/mol. The van der Waals surface area contributed by atoms with Crippen LogP contribution in [0.4, 0.5) is 5.69 Å². The van der Waals surface area contributed by atoms with Gasteiger partial charge in [-0.25, -0.2) is 9.50 Å². The van der Waals surface area contributed by atoms with Crippen molar-refractivity contribution < 1.29 is 9.53 Å². The van der Waals surface area contributed by atoms with Crippen molar-refractivity contribution in [3.05, 3.63) is 53.4 Å². The van der Waals surface area contributed by atoms with Crippen molar-refractivity contribution in [2.24, 2.45) is 0 Å². The SMILES string of the molecule is COc1ccc(NC(=O)c2cn3nc(Cl)ccc3n2)cc1. The third-order valence-corrected chi connectivity index (χ3v) is 3.07. The second-order valence-electron chi connectivity index (χ2n) is 4.27. The highest BCUT2D eigenvalue weighted by molar-refractivity contribution is 6.29. The Balaban J connectivity index is 1.82. The summed E-state index contributed by atoms with van der Waals surface area (Å²) in [5.74, 6) is 0.404. The molecule has 0 unspecified atom stereocenters. The van der Waals surface area contributed by atoms with E-state index < -0.39 is 0 Å². The molecule has 7 heteroatoms. The van der Waals surface area contributed by atoms with Crippen molar-refractivity contribution in [1.29, 1.82) is 0 Å². The van der Waals surface area contributed by atoms with E-state index >= 15 is 0 Å². The Hall–Kier alpha value is -2.60. The predicted octanol–water partition coefficient (Wildman–Crippen LogP) is 2.64. The first-order chi connectivity index (χ1) is 10.2. The molecule has 0 radical (unpaired) electrons. The van der Waals surface area contributed by atoms with Crippen molar-refractivity contribution >= 4 is 28.8 Å². The van der Waals surface area contributed by atoms with Crippen LogP contribution in [-0.4, -0.2) is 27.6 Å². The van der Waals surface area contributed by atoms with E-state index in [1.54, 1.807) is 43.5 Å². The molecule has 2 aromatic heterocycles. The molecule has 0 aliphatic rings. The topological polar surface area (TPSA) is 68.5 Å². The van der Waals surface area contributed by atoms with Crippen LogP contribution in [0.2, 0.25) is 5.15 Å². The fraction of sp³-hybridized carbons (Fsp3) is 0.0714. The number of amides is 1. The Morgan fingerprint density at radius 2 is 2.00 bits per heavy atom. The number of aromatic nitrogens is 3. The Kier molecular flexibility index (Phi) is 3.45. The maximum atomic E-state index is 12.1. The highest BCUT2D eigenvalue weighted by Gasteiger charge is 2.11. The quantitative estimate of drug-likeness (QED) is 0.807. The number of rotatable bonds is 3. The number of nitrogens with zero attached hydrogens (tertiary/aromatic N) is 3. The maximum absolute atomic E-state index is 12.1. The van der Waals surface area contributed by atoms with Crippen LogP contribution in [0, 0.1) is 0 Å². The minimum Gasteiger partial charge on any atom is -0.497 e. The van der Waals surface area contributed by atoms with Crippen molar-refractivity contribution in [3.63, 3.8) is 0 Å². The molecule has 1 amide bonds. The van der Waals surface area contributed by atoms with E-state index in [0.29, 0.717) is 16.5 Å². The third kappa shape index (κ3) is 2.80. The largest absolute Gasteiger partial charge is 0.497 e. The summed E-state index contributed by atoms with van der Waals surface area (Å²) in [6.45, 7) is 0. The number of hydrogen-bond donors (Lipinski definition) is 1. The lowest BCUT2D eigenvalue weighted by atomic mass is 10.3. The van der Waals surface area contributed by atoms with Crippen molar-refractivity contribution in [1.82, 2.24) is 14.6 Å². The molecule has 1 N–H and O–H groups in total. The molecule has 0 saturated carbocycles. The van der Waals surface area contributed by atoms with Gasteiger partial charge in [-0.2, -0.15) is 5.10 Å². The molecule has 106 valence electrons. The van der Waals surface area contributed by atoms with Gasteiger partial charge in [0.25, 0.3) is 5.91 Å². The summed E-state index contributed by atoms with van der Waals surface area (Å²) in [5, 5.41) is 7.12. The Labute approximate surface area is 125 Å². The summed E-state index contributed by atoms with van der Waals surface area (Å²) in [7, 11) is 1.59. The van der Waals surface area contributed by atoms with E-state index in [9.17, 15) is 4.79 Å². The molecule has 0 fully saturated rings. The summed E-state index contributed by atoms with van der Waals surface area (Å²) < 4.78 is 6.52.